The van der Waals surface area contributed by atoms with Crippen LogP contribution in [0.1, 0.15) is 12.5 Å². The fourth-order valence-electron chi connectivity index (χ4n) is 2.05. The molecule has 3 aromatic rings. The van der Waals surface area contributed by atoms with Crippen LogP contribution in [0.5, 0.6) is 0 Å². The molecule has 0 aliphatic rings. The maximum absolute atomic E-state index is 12.9. The van der Waals surface area contributed by atoms with Crippen LogP contribution < -0.4 is 5.32 Å². The minimum atomic E-state index is -4.50. The average molecular weight is 436 g/mol. The Labute approximate surface area is 165 Å². The van der Waals surface area contributed by atoms with Crippen molar-refractivity contribution in [3.05, 3.63) is 46.2 Å². The van der Waals surface area contributed by atoms with E-state index >= 15 is 0 Å². The minimum Gasteiger partial charge on any atom is -0.308 e. The first-order valence-electron chi connectivity index (χ1n) is 7.35. The highest BCUT2D eigenvalue weighted by Crippen LogP contribution is 2.31. The summed E-state index contributed by atoms with van der Waals surface area (Å²) in [4.78, 5) is 16.3. The number of thioether (sulfide) groups is 1. The zero-order chi connectivity index (χ0) is 19.8. The van der Waals surface area contributed by atoms with Crippen LogP contribution in [0, 0.1) is 0 Å². The van der Waals surface area contributed by atoms with Crippen LogP contribution in [0.4, 0.5) is 19.0 Å². The van der Waals surface area contributed by atoms with E-state index in [-0.39, 0.29) is 21.6 Å². The second-order valence-corrected chi connectivity index (χ2v) is 7.51. The zero-order valence-electron chi connectivity index (χ0n) is 13.5. The van der Waals surface area contributed by atoms with E-state index in [1.807, 2.05) is 0 Å². The predicted octanol–water partition coefficient (Wildman–Crippen LogP) is 4.57. The van der Waals surface area contributed by atoms with Gasteiger partial charge in [-0.05, 0) is 25.1 Å². The molecule has 1 atom stereocenters. The number of amides is 1. The number of anilines is 1. The second kappa shape index (κ2) is 7.53. The van der Waals surface area contributed by atoms with Crippen molar-refractivity contribution in [2.24, 2.45) is 0 Å². The van der Waals surface area contributed by atoms with E-state index in [4.69, 9.17) is 23.2 Å². The average Bonchev–Trinajstić information content (AvgIpc) is 2.98. The van der Waals surface area contributed by atoms with Crippen molar-refractivity contribution in [3.8, 4) is 0 Å². The van der Waals surface area contributed by atoms with E-state index in [0.29, 0.717) is 5.02 Å². The minimum absolute atomic E-state index is 0.129. The Morgan fingerprint density at radius 1 is 1.30 bits per heavy atom. The number of aromatic nitrogens is 4. The van der Waals surface area contributed by atoms with Gasteiger partial charge in [0.1, 0.15) is 0 Å². The molecule has 0 aliphatic heterocycles. The molecule has 12 heteroatoms. The fourth-order valence-corrected chi connectivity index (χ4v) is 3.31. The summed E-state index contributed by atoms with van der Waals surface area (Å²) in [6, 6.07) is 3.55. The van der Waals surface area contributed by atoms with Gasteiger partial charge in [0.05, 0.1) is 20.9 Å². The Balaban J connectivity index is 1.78. The van der Waals surface area contributed by atoms with Crippen LogP contribution in [0.25, 0.3) is 5.65 Å². The lowest BCUT2D eigenvalue weighted by Crippen LogP contribution is -2.23. The number of halogens is 5. The van der Waals surface area contributed by atoms with Gasteiger partial charge in [0, 0.05) is 12.4 Å². The molecule has 1 amide bonds. The topological polar surface area (TPSA) is 72.2 Å². The van der Waals surface area contributed by atoms with Crippen molar-refractivity contribution in [1.29, 1.82) is 0 Å². The number of rotatable bonds is 4. The summed E-state index contributed by atoms with van der Waals surface area (Å²) in [6.45, 7) is 1.57. The maximum Gasteiger partial charge on any atom is 0.417 e. The number of alkyl halides is 3. The Hall–Kier alpha value is -2.04. The van der Waals surface area contributed by atoms with Crippen molar-refractivity contribution >= 4 is 52.3 Å². The first kappa shape index (κ1) is 19.7. The van der Waals surface area contributed by atoms with Gasteiger partial charge in [-0.25, -0.2) is 4.98 Å². The van der Waals surface area contributed by atoms with Crippen molar-refractivity contribution in [3.63, 3.8) is 0 Å². The summed E-state index contributed by atoms with van der Waals surface area (Å²) >= 11 is 12.7. The summed E-state index contributed by atoms with van der Waals surface area (Å²) in [6.07, 6.45) is -2.29. The molecule has 0 saturated carbocycles. The lowest BCUT2D eigenvalue weighted by molar-refractivity contribution is -0.137. The van der Waals surface area contributed by atoms with Gasteiger partial charge in [-0.3, -0.25) is 9.20 Å². The van der Waals surface area contributed by atoms with Gasteiger partial charge in [-0.2, -0.15) is 13.2 Å². The third-order valence-electron chi connectivity index (χ3n) is 3.40. The van der Waals surface area contributed by atoms with Crippen molar-refractivity contribution in [2.75, 3.05) is 5.32 Å². The summed E-state index contributed by atoms with van der Waals surface area (Å²) in [7, 11) is 0. The first-order chi connectivity index (χ1) is 12.6. The van der Waals surface area contributed by atoms with Crippen molar-refractivity contribution in [2.45, 2.75) is 23.5 Å². The Bertz CT molecular complexity index is 1010. The van der Waals surface area contributed by atoms with Gasteiger partial charge in [-0.15, -0.1) is 10.2 Å². The van der Waals surface area contributed by atoms with Gasteiger partial charge >= 0.3 is 6.18 Å². The van der Waals surface area contributed by atoms with Gasteiger partial charge in [-0.1, -0.05) is 35.0 Å². The number of hydrogen-bond donors (Lipinski definition) is 1. The third-order valence-corrected chi connectivity index (χ3v) is 4.95. The quantitative estimate of drug-likeness (QED) is 0.607. The molecular weight excluding hydrogens is 426 g/mol. The normalized spacial score (nSPS) is 13.0. The Morgan fingerprint density at radius 3 is 2.70 bits per heavy atom. The smallest absolute Gasteiger partial charge is 0.308 e. The van der Waals surface area contributed by atoms with Gasteiger partial charge in [0.15, 0.2) is 16.6 Å². The van der Waals surface area contributed by atoms with E-state index in [9.17, 15) is 18.0 Å². The lowest BCUT2D eigenvalue weighted by Gasteiger charge is -2.12. The van der Waals surface area contributed by atoms with Gasteiger partial charge in [0.25, 0.3) is 0 Å². The highest BCUT2D eigenvalue weighted by molar-refractivity contribution is 8.00. The molecule has 1 unspecified atom stereocenters. The summed E-state index contributed by atoms with van der Waals surface area (Å²) in [5.41, 5.74) is -0.605. The first-order valence-corrected chi connectivity index (χ1v) is 8.99. The molecule has 1 N–H and O–H groups in total. The number of nitrogens with one attached hydrogen (secondary N) is 1. The van der Waals surface area contributed by atoms with Crippen LogP contribution in [0.3, 0.4) is 0 Å². The molecule has 27 heavy (non-hydrogen) atoms. The summed E-state index contributed by atoms with van der Waals surface area (Å²) in [5, 5.41) is 10.1. The second-order valence-electron chi connectivity index (χ2n) is 5.36. The highest BCUT2D eigenvalue weighted by atomic mass is 35.5. The SMILES string of the molecule is CC(Sc1nnc2ccc(C(F)(F)F)cn12)C(=O)Nc1ncc(Cl)cc1Cl. The van der Waals surface area contributed by atoms with Gasteiger partial charge < -0.3 is 5.32 Å². The largest absolute Gasteiger partial charge is 0.417 e. The molecule has 0 aliphatic carbocycles. The molecule has 0 aromatic carbocycles. The lowest BCUT2D eigenvalue weighted by atomic mass is 10.3. The number of carbonyl (C=O) groups is 1. The molecule has 142 valence electrons. The monoisotopic (exact) mass is 435 g/mol. The number of hydrogen-bond acceptors (Lipinski definition) is 5. The van der Waals surface area contributed by atoms with E-state index in [0.717, 1.165) is 24.0 Å². The van der Waals surface area contributed by atoms with E-state index in [1.165, 1.54) is 22.7 Å². The molecule has 0 fully saturated rings. The molecule has 0 saturated heterocycles. The van der Waals surface area contributed by atoms with Crippen molar-refractivity contribution < 1.29 is 18.0 Å². The van der Waals surface area contributed by atoms with Crippen LogP contribution in [-0.2, 0) is 11.0 Å². The highest BCUT2D eigenvalue weighted by Gasteiger charge is 2.31. The molecule has 3 aromatic heterocycles. The molecular formula is C15H10Cl2F3N5OS. The maximum atomic E-state index is 12.9. The van der Waals surface area contributed by atoms with Crippen LogP contribution in [0.2, 0.25) is 10.0 Å². The number of pyridine rings is 2. The molecule has 0 radical (unpaired) electrons. The molecule has 0 bridgehead atoms. The third kappa shape index (κ3) is 4.45. The number of fused-ring (bicyclic) bond motifs is 1. The predicted molar refractivity (Wildman–Crippen MR) is 96.2 cm³/mol. The van der Waals surface area contributed by atoms with E-state index < -0.39 is 22.9 Å². The van der Waals surface area contributed by atoms with Crippen LogP contribution >= 0.6 is 35.0 Å². The van der Waals surface area contributed by atoms with Gasteiger partial charge in [0.2, 0.25) is 5.91 Å². The molecule has 3 rings (SSSR count). The van der Waals surface area contributed by atoms with E-state index in [1.54, 1.807) is 6.92 Å². The van der Waals surface area contributed by atoms with Crippen molar-refractivity contribution in [1.82, 2.24) is 19.6 Å². The Kier molecular flexibility index (Phi) is 5.50. The van der Waals surface area contributed by atoms with Crippen LogP contribution in [-0.4, -0.2) is 30.7 Å². The molecule has 6 nitrogen and oxygen atoms in total. The fraction of sp³-hybridized carbons (Fsp3) is 0.200. The number of carbonyl (C=O) groups excluding carboxylic acids is 1. The zero-order valence-corrected chi connectivity index (χ0v) is 15.8. The number of nitrogens with zero attached hydrogens (tertiary/aromatic N) is 4. The molecule has 0 spiro atoms. The summed E-state index contributed by atoms with van der Waals surface area (Å²) in [5.74, 6) is -0.329. The molecule has 3 heterocycles. The standard InChI is InChI=1S/C15H10Cl2F3N5OS/c1-7(13(26)22-12-10(17)4-9(16)5-21-12)27-14-24-23-11-3-2-8(6-25(11)14)15(18,19)20/h2-7H,1H3,(H,21,22,26). The Morgan fingerprint density at radius 2 is 2.04 bits per heavy atom. The summed E-state index contributed by atoms with van der Waals surface area (Å²) < 4.78 is 39.9. The van der Waals surface area contributed by atoms with Crippen LogP contribution in [0.15, 0.2) is 35.7 Å². The van der Waals surface area contributed by atoms with E-state index in [2.05, 4.69) is 20.5 Å².